The van der Waals surface area contributed by atoms with Gasteiger partial charge in [0.2, 0.25) is 10.0 Å². The van der Waals surface area contributed by atoms with Gasteiger partial charge in [0.25, 0.3) is 0 Å². The fraction of sp³-hybridized carbons (Fsp3) is 0.353. The van der Waals surface area contributed by atoms with E-state index in [1.165, 1.54) is 23.5 Å². The third kappa shape index (κ3) is 5.43. The second kappa shape index (κ2) is 8.41. The maximum atomic E-state index is 12.3. The summed E-state index contributed by atoms with van der Waals surface area (Å²) in [6.07, 6.45) is 0.770. The zero-order valence-corrected chi connectivity index (χ0v) is 15.3. The predicted octanol–water partition coefficient (Wildman–Crippen LogP) is 3.43. The van der Waals surface area contributed by atoms with Gasteiger partial charge in [0.15, 0.2) is 0 Å². The lowest BCUT2D eigenvalue weighted by molar-refractivity contribution is 0.0488. The summed E-state index contributed by atoms with van der Waals surface area (Å²) in [4.78, 5) is 13.0. The highest BCUT2D eigenvalue weighted by Crippen LogP contribution is 2.15. The Morgan fingerprint density at radius 2 is 2.04 bits per heavy atom. The minimum absolute atomic E-state index is 0.0531. The highest BCUT2D eigenvalue weighted by Gasteiger charge is 2.17. The summed E-state index contributed by atoms with van der Waals surface area (Å²) in [7, 11) is -3.68. The standard InChI is InChI=1S/C17H21NO4S2/c1-13(2)8-9-22-17(19)14-5-3-7-16(11-14)24(20,21)18-12-15-6-4-10-23-15/h3-7,10-11,13,18H,8-9,12H2,1-2H3. The van der Waals surface area contributed by atoms with Crippen molar-refractivity contribution in [2.45, 2.75) is 31.7 Å². The molecule has 0 atom stereocenters. The third-order valence-corrected chi connectivity index (χ3v) is 5.60. The zero-order chi connectivity index (χ0) is 17.6. The first-order valence-corrected chi connectivity index (χ1v) is 10.0. The van der Waals surface area contributed by atoms with Crippen molar-refractivity contribution in [3.8, 4) is 0 Å². The van der Waals surface area contributed by atoms with Crippen molar-refractivity contribution < 1.29 is 17.9 Å². The molecule has 0 aliphatic heterocycles. The van der Waals surface area contributed by atoms with Crippen LogP contribution in [0.3, 0.4) is 0 Å². The molecule has 0 bridgehead atoms. The molecule has 2 aromatic rings. The summed E-state index contributed by atoms with van der Waals surface area (Å²) in [6.45, 7) is 4.63. The SMILES string of the molecule is CC(C)CCOC(=O)c1cccc(S(=O)(=O)NCc2cccs2)c1. The molecule has 1 N–H and O–H groups in total. The van der Waals surface area contributed by atoms with Gasteiger partial charge >= 0.3 is 5.97 Å². The Morgan fingerprint density at radius 3 is 2.71 bits per heavy atom. The van der Waals surface area contributed by atoms with E-state index < -0.39 is 16.0 Å². The Bertz CT molecular complexity index is 768. The Balaban J connectivity index is 2.04. The zero-order valence-electron chi connectivity index (χ0n) is 13.7. The van der Waals surface area contributed by atoms with Gasteiger partial charge in [-0.1, -0.05) is 26.0 Å². The number of thiophene rings is 1. The monoisotopic (exact) mass is 367 g/mol. The molecule has 0 radical (unpaired) electrons. The van der Waals surface area contributed by atoms with Gasteiger partial charge in [-0.05, 0) is 42.0 Å². The fourth-order valence-corrected chi connectivity index (χ4v) is 3.71. The third-order valence-electron chi connectivity index (χ3n) is 3.32. The fourth-order valence-electron chi connectivity index (χ4n) is 1.92. The number of esters is 1. The van der Waals surface area contributed by atoms with Gasteiger partial charge in [-0.2, -0.15) is 0 Å². The lowest BCUT2D eigenvalue weighted by Gasteiger charge is -2.09. The molecule has 0 aliphatic carbocycles. The van der Waals surface area contributed by atoms with Crippen LogP contribution in [0, 0.1) is 5.92 Å². The highest BCUT2D eigenvalue weighted by molar-refractivity contribution is 7.89. The van der Waals surface area contributed by atoms with Crippen molar-refractivity contribution in [2.24, 2.45) is 5.92 Å². The van der Waals surface area contributed by atoms with Gasteiger partial charge in [0.05, 0.1) is 17.1 Å². The molecule has 130 valence electrons. The Kier molecular flexibility index (Phi) is 6.53. The summed E-state index contributed by atoms with van der Waals surface area (Å²) >= 11 is 1.48. The van der Waals surface area contributed by atoms with Crippen LogP contribution in [0.4, 0.5) is 0 Å². The molecule has 1 aromatic carbocycles. The van der Waals surface area contributed by atoms with E-state index in [2.05, 4.69) is 4.72 Å². The number of carbonyl (C=O) groups is 1. The molecule has 5 nitrogen and oxygen atoms in total. The first-order valence-electron chi connectivity index (χ1n) is 7.68. The number of benzene rings is 1. The molecular weight excluding hydrogens is 346 g/mol. The van der Waals surface area contributed by atoms with E-state index >= 15 is 0 Å². The van der Waals surface area contributed by atoms with Crippen LogP contribution in [0.15, 0.2) is 46.7 Å². The van der Waals surface area contributed by atoms with E-state index in [4.69, 9.17) is 4.74 Å². The first kappa shape index (κ1) is 18.6. The van der Waals surface area contributed by atoms with Gasteiger partial charge in [-0.25, -0.2) is 17.9 Å². The van der Waals surface area contributed by atoms with Gasteiger partial charge < -0.3 is 4.74 Å². The highest BCUT2D eigenvalue weighted by atomic mass is 32.2. The molecule has 1 aromatic heterocycles. The molecule has 0 spiro atoms. The van der Waals surface area contributed by atoms with Crippen LogP contribution in [-0.2, 0) is 21.3 Å². The number of carbonyl (C=O) groups excluding carboxylic acids is 1. The van der Waals surface area contributed by atoms with Crippen LogP contribution in [0.1, 0.15) is 35.5 Å². The second-order valence-corrected chi connectivity index (χ2v) is 8.55. The van der Waals surface area contributed by atoms with Gasteiger partial charge in [0, 0.05) is 11.4 Å². The van der Waals surface area contributed by atoms with Crippen molar-refractivity contribution in [2.75, 3.05) is 6.61 Å². The maximum absolute atomic E-state index is 12.3. The predicted molar refractivity (Wildman–Crippen MR) is 94.5 cm³/mol. The number of rotatable bonds is 8. The molecular formula is C17H21NO4S2. The summed E-state index contributed by atoms with van der Waals surface area (Å²) in [5.74, 6) is -0.0723. The average molecular weight is 367 g/mol. The van der Waals surface area contributed by atoms with Crippen LogP contribution < -0.4 is 4.72 Å². The van der Waals surface area contributed by atoms with Gasteiger partial charge in [-0.3, -0.25) is 0 Å². The normalized spacial score (nSPS) is 11.6. The number of hydrogen-bond acceptors (Lipinski definition) is 5. The molecule has 7 heteroatoms. The number of nitrogens with one attached hydrogen (secondary N) is 1. The molecule has 0 aliphatic rings. The van der Waals surface area contributed by atoms with Crippen molar-refractivity contribution in [3.63, 3.8) is 0 Å². The molecule has 2 rings (SSSR count). The maximum Gasteiger partial charge on any atom is 0.338 e. The van der Waals surface area contributed by atoms with Crippen LogP contribution in [0.25, 0.3) is 0 Å². The summed E-state index contributed by atoms with van der Waals surface area (Å²) in [5, 5.41) is 1.89. The molecule has 24 heavy (non-hydrogen) atoms. The Labute approximate surface area is 146 Å². The summed E-state index contributed by atoms with van der Waals surface area (Å²) in [5.41, 5.74) is 0.234. The van der Waals surface area contributed by atoms with Crippen molar-refractivity contribution >= 4 is 27.3 Å². The Hall–Kier alpha value is -1.70. The molecule has 0 saturated carbocycles. The van der Waals surface area contributed by atoms with Crippen LogP contribution >= 0.6 is 11.3 Å². The molecule has 1 heterocycles. The van der Waals surface area contributed by atoms with E-state index in [0.717, 1.165) is 11.3 Å². The largest absolute Gasteiger partial charge is 0.462 e. The quantitative estimate of drug-likeness (QED) is 0.726. The van der Waals surface area contributed by atoms with Crippen molar-refractivity contribution in [1.82, 2.24) is 4.72 Å². The van der Waals surface area contributed by atoms with E-state index in [1.807, 2.05) is 31.4 Å². The topological polar surface area (TPSA) is 72.5 Å². The van der Waals surface area contributed by atoms with Crippen molar-refractivity contribution in [3.05, 3.63) is 52.2 Å². The van der Waals surface area contributed by atoms with Gasteiger partial charge in [0.1, 0.15) is 0 Å². The van der Waals surface area contributed by atoms with Crippen LogP contribution in [0.5, 0.6) is 0 Å². The van der Waals surface area contributed by atoms with E-state index in [0.29, 0.717) is 12.5 Å². The molecule has 0 saturated heterocycles. The first-order chi connectivity index (χ1) is 11.4. The lowest BCUT2D eigenvalue weighted by atomic mass is 10.1. The minimum Gasteiger partial charge on any atom is -0.462 e. The van der Waals surface area contributed by atoms with E-state index in [9.17, 15) is 13.2 Å². The summed E-state index contributed by atoms with van der Waals surface area (Å²) in [6, 6.07) is 9.61. The number of sulfonamides is 1. The minimum atomic E-state index is -3.68. The van der Waals surface area contributed by atoms with E-state index in [-0.39, 0.29) is 17.0 Å². The smallest absolute Gasteiger partial charge is 0.338 e. The van der Waals surface area contributed by atoms with E-state index in [1.54, 1.807) is 12.1 Å². The molecule has 0 unspecified atom stereocenters. The van der Waals surface area contributed by atoms with Crippen molar-refractivity contribution in [1.29, 1.82) is 0 Å². The summed E-state index contributed by atoms with van der Waals surface area (Å²) < 4.78 is 32.4. The Morgan fingerprint density at radius 1 is 1.25 bits per heavy atom. The second-order valence-electron chi connectivity index (χ2n) is 5.75. The van der Waals surface area contributed by atoms with Crippen LogP contribution in [-0.4, -0.2) is 21.0 Å². The number of hydrogen-bond donors (Lipinski definition) is 1. The lowest BCUT2D eigenvalue weighted by Crippen LogP contribution is -2.23. The molecule has 0 fully saturated rings. The average Bonchev–Trinajstić information content (AvgIpc) is 3.06. The van der Waals surface area contributed by atoms with Gasteiger partial charge in [-0.15, -0.1) is 11.3 Å². The molecule has 0 amide bonds. The number of ether oxygens (including phenoxy) is 1. The van der Waals surface area contributed by atoms with Crippen LogP contribution in [0.2, 0.25) is 0 Å².